The van der Waals surface area contributed by atoms with Gasteiger partial charge in [-0.2, -0.15) is 63.2 Å². The molecule has 1 aliphatic carbocycles. The van der Waals surface area contributed by atoms with Crippen LogP contribution in [0.1, 0.15) is 33.4 Å². The molecule has 2 nitrogen and oxygen atoms in total. The van der Waals surface area contributed by atoms with Crippen molar-refractivity contribution in [2.24, 2.45) is 0 Å². The van der Waals surface area contributed by atoms with Gasteiger partial charge >= 0.3 is 24.7 Å². The number of benzene rings is 4. The number of rotatable bonds is 2. The average molecular weight is 652 g/mol. The Hall–Kier alpha value is -5.24. The summed E-state index contributed by atoms with van der Waals surface area (Å²) in [6.45, 7) is 0. The van der Waals surface area contributed by atoms with Crippen molar-refractivity contribution in [2.75, 3.05) is 0 Å². The highest BCUT2D eigenvalue weighted by molar-refractivity contribution is 6.06. The van der Waals surface area contributed by atoms with Crippen LogP contribution in [0.15, 0.2) is 78.4 Å². The fraction of sp³-hybridized carbons (Fsp3) is 0.125. The number of allylic oxidation sites excluding steroid dienone is 1. The molecule has 0 aliphatic heterocycles. The minimum Gasteiger partial charge on any atom is -0.192 e. The van der Waals surface area contributed by atoms with Crippen molar-refractivity contribution >= 4 is 5.57 Å². The third kappa shape index (κ3) is 5.67. The first-order chi connectivity index (χ1) is 21.3. The first kappa shape index (κ1) is 32.2. The van der Waals surface area contributed by atoms with Gasteiger partial charge in [0.2, 0.25) is 0 Å². The van der Waals surface area contributed by atoms with Gasteiger partial charge in [0.25, 0.3) is 0 Å². The van der Waals surface area contributed by atoms with Crippen molar-refractivity contribution < 1.29 is 52.7 Å². The lowest BCUT2D eigenvalue weighted by Crippen LogP contribution is -2.12. The highest BCUT2D eigenvalue weighted by atomic mass is 19.4. The van der Waals surface area contributed by atoms with Gasteiger partial charge in [-0.25, -0.2) is 0 Å². The van der Waals surface area contributed by atoms with Crippen LogP contribution in [0.5, 0.6) is 0 Å². The number of fused-ring (bicyclic) bond motifs is 3. The number of hydrogen-bond acceptors (Lipinski definition) is 2. The monoisotopic (exact) mass is 652 g/mol. The standard InChI is InChI=1S/C32H12F12N2/c33-29(34,35)18-3-7-20(26(11-18)31(39,40)41)15-1-5-22-23-6-2-16(10-25(23)28(24(22)9-15)17(13-45)14-46)21-8-4-19(30(36,37)38)12-27(21)32(42,43)44/h1-12H. The molecular weight excluding hydrogens is 640 g/mol. The zero-order chi connectivity index (χ0) is 34.0. The molecule has 0 atom stereocenters. The molecule has 0 N–H and O–H groups in total. The van der Waals surface area contributed by atoms with Gasteiger partial charge in [-0.15, -0.1) is 0 Å². The van der Waals surface area contributed by atoms with Crippen LogP contribution in [-0.2, 0) is 24.7 Å². The van der Waals surface area contributed by atoms with Gasteiger partial charge in [0.1, 0.15) is 17.7 Å². The quantitative estimate of drug-likeness (QED) is 0.141. The molecular formula is C32H12F12N2. The predicted molar refractivity (Wildman–Crippen MR) is 140 cm³/mol. The van der Waals surface area contributed by atoms with Crippen molar-refractivity contribution in [2.45, 2.75) is 24.7 Å². The van der Waals surface area contributed by atoms with Gasteiger partial charge in [0, 0.05) is 5.57 Å². The Morgan fingerprint density at radius 2 is 0.761 bits per heavy atom. The van der Waals surface area contributed by atoms with Crippen LogP contribution in [-0.4, -0.2) is 0 Å². The van der Waals surface area contributed by atoms with Crippen molar-refractivity contribution in [1.82, 2.24) is 0 Å². The van der Waals surface area contributed by atoms with E-state index < -0.39 is 63.7 Å². The van der Waals surface area contributed by atoms with E-state index in [-0.39, 0.29) is 51.1 Å². The Morgan fingerprint density at radius 1 is 0.413 bits per heavy atom. The Balaban J connectivity index is 1.73. The van der Waals surface area contributed by atoms with Gasteiger partial charge < -0.3 is 0 Å². The molecule has 0 unspecified atom stereocenters. The minimum atomic E-state index is -5.23. The molecule has 4 aromatic rings. The summed E-state index contributed by atoms with van der Waals surface area (Å²) < 4.78 is 163. The average Bonchev–Trinajstić information content (AvgIpc) is 3.28. The number of nitrogens with zero attached hydrogens (tertiary/aromatic N) is 2. The smallest absolute Gasteiger partial charge is 0.192 e. The van der Waals surface area contributed by atoms with E-state index >= 15 is 0 Å². The van der Waals surface area contributed by atoms with E-state index in [2.05, 4.69) is 0 Å². The van der Waals surface area contributed by atoms with Crippen molar-refractivity contribution in [3.05, 3.63) is 112 Å². The van der Waals surface area contributed by atoms with Gasteiger partial charge in [-0.1, -0.05) is 36.4 Å². The second-order valence-corrected chi connectivity index (χ2v) is 10.0. The SMILES string of the molecule is N#CC(C#N)=C1c2cc(-c3ccc(C(F)(F)F)cc3C(F)(F)F)ccc2-c2ccc(-c3ccc(C(F)(F)F)cc3C(F)(F)F)cc21. The third-order valence-electron chi connectivity index (χ3n) is 7.27. The maximum atomic E-state index is 13.9. The highest BCUT2D eigenvalue weighted by Crippen LogP contribution is 2.50. The summed E-state index contributed by atoms with van der Waals surface area (Å²) in [5.74, 6) is 0. The Labute approximate surface area is 251 Å². The summed E-state index contributed by atoms with van der Waals surface area (Å²) in [6.07, 6.45) is -20.6. The summed E-state index contributed by atoms with van der Waals surface area (Å²) in [4.78, 5) is 0. The Morgan fingerprint density at radius 3 is 1.07 bits per heavy atom. The van der Waals surface area contributed by atoms with Gasteiger partial charge in [-0.05, 0) is 80.9 Å². The minimum absolute atomic E-state index is 0.0146. The summed E-state index contributed by atoms with van der Waals surface area (Å²) in [7, 11) is 0. The first-order valence-electron chi connectivity index (χ1n) is 12.7. The van der Waals surface area contributed by atoms with Crippen LogP contribution in [0.3, 0.4) is 0 Å². The Bertz CT molecular complexity index is 1870. The molecule has 14 heteroatoms. The molecule has 0 heterocycles. The molecule has 0 bridgehead atoms. The topological polar surface area (TPSA) is 47.6 Å². The molecule has 0 fully saturated rings. The number of hydrogen-bond donors (Lipinski definition) is 0. The van der Waals surface area contributed by atoms with Gasteiger partial charge in [0.15, 0.2) is 0 Å². The molecule has 5 rings (SSSR count). The van der Waals surface area contributed by atoms with E-state index in [4.69, 9.17) is 0 Å². The summed E-state index contributed by atoms with van der Waals surface area (Å²) >= 11 is 0. The van der Waals surface area contributed by atoms with E-state index in [0.29, 0.717) is 24.3 Å². The largest absolute Gasteiger partial charge is 0.417 e. The Kier molecular flexibility index (Phi) is 7.47. The normalized spacial score (nSPS) is 13.1. The zero-order valence-corrected chi connectivity index (χ0v) is 22.4. The number of nitriles is 2. The zero-order valence-electron chi connectivity index (χ0n) is 22.4. The first-order valence-corrected chi connectivity index (χ1v) is 12.7. The molecule has 4 aromatic carbocycles. The molecule has 234 valence electrons. The van der Waals surface area contributed by atoms with E-state index in [1.807, 2.05) is 0 Å². The third-order valence-corrected chi connectivity index (χ3v) is 7.27. The molecule has 46 heavy (non-hydrogen) atoms. The summed E-state index contributed by atoms with van der Waals surface area (Å²) in [5, 5.41) is 19.4. The fourth-order valence-electron chi connectivity index (χ4n) is 5.27. The van der Waals surface area contributed by atoms with E-state index in [0.717, 1.165) is 24.3 Å². The lowest BCUT2D eigenvalue weighted by molar-refractivity contribution is -0.144. The molecule has 0 spiro atoms. The number of alkyl halides is 12. The highest BCUT2D eigenvalue weighted by Gasteiger charge is 2.40. The van der Waals surface area contributed by atoms with Gasteiger partial charge in [-0.3, -0.25) is 0 Å². The van der Waals surface area contributed by atoms with Gasteiger partial charge in [0.05, 0.1) is 22.3 Å². The lowest BCUT2D eigenvalue weighted by atomic mass is 9.91. The van der Waals surface area contributed by atoms with Crippen molar-refractivity contribution in [3.63, 3.8) is 0 Å². The second kappa shape index (κ2) is 10.7. The molecule has 0 saturated heterocycles. The molecule has 0 saturated carbocycles. The number of halogens is 12. The maximum Gasteiger partial charge on any atom is 0.417 e. The second-order valence-electron chi connectivity index (χ2n) is 10.0. The van der Waals surface area contributed by atoms with Crippen LogP contribution in [0, 0.1) is 22.7 Å². The van der Waals surface area contributed by atoms with E-state index in [9.17, 15) is 63.2 Å². The maximum absolute atomic E-state index is 13.9. The van der Waals surface area contributed by atoms with Crippen LogP contribution in [0.4, 0.5) is 52.7 Å². The van der Waals surface area contributed by atoms with Crippen molar-refractivity contribution in [3.8, 4) is 45.5 Å². The molecule has 0 radical (unpaired) electrons. The van der Waals surface area contributed by atoms with E-state index in [1.165, 1.54) is 12.1 Å². The van der Waals surface area contributed by atoms with Crippen LogP contribution < -0.4 is 0 Å². The van der Waals surface area contributed by atoms with Crippen molar-refractivity contribution in [1.29, 1.82) is 10.5 Å². The van der Waals surface area contributed by atoms with Crippen LogP contribution in [0.2, 0.25) is 0 Å². The lowest BCUT2D eigenvalue weighted by Gasteiger charge is -2.17. The fourth-order valence-corrected chi connectivity index (χ4v) is 5.27. The molecule has 1 aliphatic rings. The summed E-state index contributed by atoms with van der Waals surface area (Å²) in [6, 6.07) is 12.4. The van der Waals surface area contributed by atoms with Crippen LogP contribution in [0.25, 0.3) is 39.0 Å². The summed E-state index contributed by atoms with van der Waals surface area (Å²) in [5.41, 5.74) is -8.51. The van der Waals surface area contributed by atoms with Crippen LogP contribution >= 0.6 is 0 Å². The predicted octanol–water partition coefficient (Wildman–Crippen LogP) is 10.9. The van der Waals surface area contributed by atoms with E-state index in [1.54, 1.807) is 12.1 Å². The molecule has 0 aromatic heterocycles. The molecule has 0 amide bonds.